The minimum Gasteiger partial charge on any atom is -0.494 e. The minimum atomic E-state index is -0.511. The van der Waals surface area contributed by atoms with Gasteiger partial charge in [-0.1, -0.05) is 12.1 Å². The van der Waals surface area contributed by atoms with Crippen LogP contribution in [-0.4, -0.2) is 28.1 Å². The molecule has 0 bridgehead atoms. The van der Waals surface area contributed by atoms with E-state index in [1.165, 1.54) is 16.0 Å². The largest absolute Gasteiger partial charge is 0.494 e. The van der Waals surface area contributed by atoms with Gasteiger partial charge in [0, 0.05) is 23.1 Å². The molecule has 1 aromatic heterocycles. The second-order valence-electron chi connectivity index (χ2n) is 8.32. The van der Waals surface area contributed by atoms with Crippen molar-refractivity contribution in [1.82, 2.24) is 9.88 Å². The van der Waals surface area contributed by atoms with Gasteiger partial charge >= 0.3 is 0 Å². The van der Waals surface area contributed by atoms with Crippen LogP contribution in [0.4, 0.5) is 5.69 Å². The van der Waals surface area contributed by atoms with E-state index < -0.39 is 11.8 Å². The number of hydrogen-bond donors (Lipinski definition) is 1. The lowest BCUT2D eigenvalue weighted by atomic mass is 10.1. The first kappa shape index (κ1) is 23.4. The Morgan fingerprint density at radius 2 is 1.74 bits per heavy atom. The minimum absolute atomic E-state index is 0.0238. The SMILES string of the molecule is CCOc1cccc(N2C(=O)/C(=C/c3cc(C)n(-c4ccc(C)c(C)c4)c3C)C(=O)NC2=S)c1. The molecule has 3 aromatic rings. The smallest absolute Gasteiger partial charge is 0.270 e. The fourth-order valence-electron chi connectivity index (χ4n) is 4.12. The number of nitrogens with one attached hydrogen (secondary N) is 1. The molecule has 2 amide bonds. The Bertz CT molecular complexity index is 1350. The average molecular weight is 474 g/mol. The molecule has 2 heterocycles. The predicted octanol–water partition coefficient (Wildman–Crippen LogP) is 4.94. The molecule has 4 rings (SSSR count). The first-order valence-electron chi connectivity index (χ1n) is 11.1. The molecule has 1 N–H and O–H groups in total. The maximum absolute atomic E-state index is 13.4. The van der Waals surface area contributed by atoms with E-state index >= 15 is 0 Å². The average Bonchev–Trinajstić information content (AvgIpc) is 3.06. The number of aryl methyl sites for hydroxylation is 3. The first-order valence-corrected chi connectivity index (χ1v) is 11.5. The molecule has 0 radical (unpaired) electrons. The molecule has 0 spiro atoms. The highest BCUT2D eigenvalue weighted by Crippen LogP contribution is 2.28. The van der Waals surface area contributed by atoms with Crippen molar-refractivity contribution in [3.05, 3.63) is 82.2 Å². The van der Waals surface area contributed by atoms with Gasteiger partial charge in [0.15, 0.2) is 5.11 Å². The molecule has 0 atom stereocenters. The molecule has 1 fully saturated rings. The van der Waals surface area contributed by atoms with E-state index in [1.807, 2.05) is 26.8 Å². The summed E-state index contributed by atoms with van der Waals surface area (Å²) in [7, 11) is 0. The quantitative estimate of drug-likeness (QED) is 0.324. The van der Waals surface area contributed by atoms with Crippen molar-refractivity contribution in [3.63, 3.8) is 0 Å². The zero-order valence-corrected chi connectivity index (χ0v) is 20.7. The van der Waals surface area contributed by atoms with E-state index in [0.717, 1.165) is 22.6 Å². The predicted molar refractivity (Wildman–Crippen MR) is 139 cm³/mol. The third-order valence-electron chi connectivity index (χ3n) is 6.01. The Morgan fingerprint density at radius 3 is 2.44 bits per heavy atom. The van der Waals surface area contributed by atoms with Crippen molar-refractivity contribution >= 4 is 40.9 Å². The van der Waals surface area contributed by atoms with Crippen molar-refractivity contribution in [3.8, 4) is 11.4 Å². The van der Waals surface area contributed by atoms with Gasteiger partial charge in [-0.3, -0.25) is 19.8 Å². The lowest BCUT2D eigenvalue weighted by Crippen LogP contribution is -2.54. The molecule has 6 nitrogen and oxygen atoms in total. The molecule has 2 aromatic carbocycles. The number of carbonyl (C=O) groups excluding carboxylic acids is 2. The zero-order chi connectivity index (χ0) is 24.6. The lowest BCUT2D eigenvalue weighted by Gasteiger charge is -2.29. The van der Waals surface area contributed by atoms with Crippen LogP contribution in [0.25, 0.3) is 11.8 Å². The van der Waals surface area contributed by atoms with E-state index in [-0.39, 0.29) is 10.7 Å². The maximum Gasteiger partial charge on any atom is 0.270 e. The Balaban J connectivity index is 1.74. The Labute approximate surface area is 204 Å². The Hall–Kier alpha value is -3.71. The number of rotatable bonds is 5. The van der Waals surface area contributed by atoms with E-state index in [1.54, 1.807) is 30.3 Å². The van der Waals surface area contributed by atoms with Gasteiger partial charge in [-0.25, -0.2) is 0 Å². The summed E-state index contributed by atoms with van der Waals surface area (Å²) in [6.45, 7) is 10.5. The van der Waals surface area contributed by atoms with Crippen LogP contribution in [-0.2, 0) is 9.59 Å². The van der Waals surface area contributed by atoms with Crippen LogP contribution < -0.4 is 15.0 Å². The van der Waals surface area contributed by atoms with Gasteiger partial charge in [0.05, 0.1) is 12.3 Å². The molecular formula is C27H27N3O3S. The number of aromatic nitrogens is 1. The van der Waals surface area contributed by atoms with Crippen LogP contribution in [0.1, 0.15) is 35.0 Å². The second kappa shape index (κ2) is 9.27. The molecule has 0 saturated carbocycles. The first-order chi connectivity index (χ1) is 16.2. The number of nitrogens with zero attached hydrogens (tertiary/aromatic N) is 2. The van der Waals surface area contributed by atoms with E-state index in [2.05, 4.69) is 41.9 Å². The molecule has 34 heavy (non-hydrogen) atoms. The summed E-state index contributed by atoms with van der Waals surface area (Å²) in [6, 6.07) is 15.4. The number of thiocarbonyl (C=S) groups is 1. The van der Waals surface area contributed by atoms with Crippen molar-refractivity contribution in [1.29, 1.82) is 0 Å². The van der Waals surface area contributed by atoms with E-state index in [0.29, 0.717) is 18.0 Å². The van der Waals surface area contributed by atoms with Gasteiger partial charge in [0.1, 0.15) is 11.3 Å². The molecule has 0 aliphatic carbocycles. The highest BCUT2D eigenvalue weighted by molar-refractivity contribution is 7.80. The molecule has 1 saturated heterocycles. The molecule has 7 heteroatoms. The van der Waals surface area contributed by atoms with Crippen LogP contribution in [0.2, 0.25) is 0 Å². The number of anilines is 1. The third-order valence-corrected chi connectivity index (χ3v) is 6.29. The highest BCUT2D eigenvalue weighted by atomic mass is 32.1. The molecule has 174 valence electrons. The summed E-state index contributed by atoms with van der Waals surface area (Å²) in [6.07, 6.45) is 1.64. The summed E-state index contributed by atoms with van der Waals surface area (Å²) < 4.78 is 7.68. The van der Waals surface area contributed by atoms with Crippen molar-refractivity contribution in [2.75, 3.05) is 11.5 Å². The van der Waals surface area contributed by atoms with Crippen LogP contribution in [0.15, 0.2) is 54.1 Å². The summed E-state index contributed by atoms with van der Waals surface area (Å²) >= 11 is 5.33. The Morgan fingerprint density at radius 1 is 0.971 bits per heavy atom. The van der Waals surface area contributed by atoms with Crippen LogP contribution in [0.3, 0.4) is 0 Å². The molecule has 0 unspecified atom stereocenters. The summed E-state index contributed by atoms with van der Waals surface area (Å²) in [5.41, 5.74) is 6.76. The molecule has 1 aliphatic heterocycles. The van der Waals surface area contributed by atoms with Gasteiger partial charge in [0.2, 0.25) is 0 Å². The number of hydrogen-bond acceptors (Lipinski definition) is 4. The van der Waals surface area contributed by atoms with Gasteiger partial charge in [-0.05, 0) is 99.9 Å². The normalized spacial score (nSPS) is 15.1. The summed E-state index contributed by atoms with van der Waals surface area (Å²) in [4.78, 5) is 27.5. The van der Waals surface area contributed by atoms with Gasteiger partial charge in [-0.15, -0.1) is 0 Å². The fraction of sp³-hybridized carbons (Fsp3) is 0.222. The van der Waals surface area contributed by atoms with Crippen LogP contribution in [0, 0.1) is 27.7 Å². The second-order valence-corrected chi connectivity index (χ2v) is 8.71. The third kappa shape index (κ3) is 4.26. The van der Waals surface area contributed by atoms with E-state index in [9.17, 15) is 9.59 Å². The number of amides is 2. The monoisotopic (exact) mass is 473 g/mol. The molecule has 1 aliphatic rings. The van der Waals surface area contributed by atoms with Gasteiger partial charge in [0.25, 0.3) is 11.8 Å². The van der Waals surface area contributed by atoms with Gasteiger partial charge < -0.3 is 9.30 Å². The maximum atomic E-state index is 13.4. The van der Waals surface area contributed by atoms with Crippen LogP contribution >= 0.6 is 12.2 Å². The lowest BCUT2D eigenvalue weighted by molar-refractivity contribution is -0.122. The van der Waals surface area contributed by atoms with Crippen molar-refractivity contribution in [2.45, 2.75) is 34.6 Å². The number of carbonyl (C=O) groups is 2. The summed E-state index contributed by atoms with van der Waals surface area (Å²) in [5, 5.41) is 2.69. The van der Waals surface area contributed by atoms with Crippen molar-refractivity contribution < 1.29 is 14.3 Å². The van der Waals surface area contributed by atoms with Crippen LogP contribution in [0.5, 0.6) is 5.75 Å². The molecular weight excluding hydrogens is 446 g/mol. The zero-order valence-electron chi connectivity index (χ0n) is 19.9. The van der Waals surface area contributed by atoms with E-state index in [4.69, 9.17) is 17.0 Å². The Kier molecular flexibility index (Phi) is 6.39. The highest BCUT2D eigenvalue weighted by Gasteiger charge is 2.35. The van der Waals surface area contributed by atoms with Gasteiger partial charge in [-0.2, -0.15) is 0 Å². The number of ether oxygens (including phenoxy) is 1. The van der Waals surface area contributed by atoms with Crippen molar-refractivity contribution in [2.24, 2.45) is 0 Å². The summed E-state index contributed by atoms with van der Waals surface area (Å²) in [5.74, 6) is -0.364. The standard InChI is InChI=1S/C27H27N3O3S/c1-6-33-23-9-7-8-21(15-23)30-26(32)24(25(31)28-27(30)34)14-20-13-18(4)29(19(20)5)22-11-10-16(2)17(3)12-22/h7-15H,6H2,1-5H3,(H,28,31,34)/b24-14+. The topological polar surface area (TPSA) is 63.6 Å². The fourth-order valence-corrected chi connectivity index (χ4v) is 4.40. The number of benzene rings is 2.